The van der Waals surface area contributed by atoms with Crippen LogP contribution in [0.15, 0.2) is 18.2 Å². The van der Waals surface area contributed by atoms with Crippen LogP contribution in [0.5, 0.6) is 5.75 Å². The molecular weight excluding hydrogens is 204 g/mol. The van der Waals surface area contributed by atoms with Gasteiger partial charge in [-0.1, -0.05) is 6.07 Å². The summed E-state index contributed by atoms with van der Waals surface area (Å²) < 4.78 is 10.2. The summed E-state index contributed by atoms with van der Waals surface area (Å²) in [7, 11) is 5.35. The fourth-order valence-corrected chi connectivity index (χ4v) is 1.61. The summed E-state index contributed by atoms with van der Waals surface area (Å²) in [4.78, 5) is 2.11. The van der Waals surface area contributed by atoms with Gasteiger partial charge in [0.2, 0.25) is 0 Å². The molecule has 0 spiro atoms. The molecule has 0 aliphatic carbocycles. The van der Waals surface area contributed by atoms with E-state index < -0.39 is 0 Å². The number of nitrogens with two attached hydrogens (primary N) is 1. The van der Waals surface area contributed by atoms with E-state index in [1.807, 2.05) is 25.2 Å². The highest BCUT2D eigenvalue weighted by Gasteiger charge is 2.08. The molecule has 0 aliphatic heterocycles. The highest BCUT2D eigenvalue weighted by molar-refractivity contribution is 5.73. The number of nitrogen functional groups attached to an aromatic ring is 1. The van der Waals surface area contributed by atoms with Gasteiger partial charge in [-0.15, -0.1) is 0 Å². The van der Waals surface area contributed by atoms with Crippen LogP contribution in [0.4, 0.5) is 11.4 Å². The molecule has 0 bridgehead atoms. The molecule has 0 heterocycles. The van der Waals surface area contributed by atoms with E-state index in [9.17, 15) is 0 Å². The molecule has 0 unspecified atom stereocenters. The van der Waals surface area contributed by atoms with Gasteiger partial charge in [0.05, 0.1) is 18.5 Å². The molecule has 4 nitrogen and oxygen atoms in total. The molecule has 0 amide bonds. The van der Waals surface area contributed by atoms with Crippen molar-refractivity contribution < 1.29 is 9.47 Å². The van der Waals surface area contributed by atoms with Crippen LogP contribution in [0, 0.1) is 0 Å². The SMILES string of the molecule is COCCCN(C)c1cccc(OC)c1N. The maximum Gasteiger partial charge on any atom is 0.143 e. The van der Waals surface area contributed by atoms with Crippen LogP contribution in [0.25, 0.3) is 0 Å². The first-order chi connectivity index (χ1) is 7.70. The number of hydrogen-bond donors (Lipinski definition) is 1. The summed E-state index contributed by atoms with van der Waals surface area (Å²) in [5.41, 5.74) is 7.68. The topological polar surface area (TPSA) is 47.7 Å². The van der Waals surface area contributed by atoms with Gasteiger partial charge in [-0.25, -0.2) is 0 Å². The van der Waals surface area contributed by atoms with Crippen molar-refractivity contribution in [2.24, 2.45) is 0 Å². The monoisotopic (exact) mass is 224 g/mol. The van der Waals surface area contributed by atoms with E-state index in [1.54, 1.807) is 14.2 Å². The molecule has 0 saturated carbocycles. The van der Waals surface area contributed by atoms with E-state index in [0.29, 0.717) is 5.69 Å². The first-order valence-electron chi connectivity index (χ1n) is 5.33. The second-order valence-electron chi connectivity index (χ2n) is 3.66. The summed E-state index contributed by atoms with van der Waals surface area (Å²) in [5, 5.41) is 0. The number of para-hydroxylation sites is 1. The standard InChI is InChI=1S/C12H20N2O2/c1-14(8-5-9-15-2)10-6-4-7-11(16-3)12(10)13/h4,6-7H,5,8-9,13H2,1-3H3. The number of hydrogen-bond acceptors (Lipinski definition) is 4. The Morgan fingerprint density at radius 3 is 2.69 bits per heavy atom. The highest BCUT2D eigenvalue weighted by Crippen LogP contribution is 2.31. The molecule has 0 radical (unpaired) electrons. The van der Waals surface area contributed by atoms with Crippen LogP contribution in [0.1, 0.15) is 6.42 Å². The highest BCUT2D eigenvalue weighted by atomic mass is 16.5. The summed E-state index contributed by atoms with van der Waals surface area (Å²) in [6, 6.07) is 5.80. The van der Waals surface area contributed by atoms with Gasteiger partial charge in [0.1, 0.15) is 5.75 Å². The third-order valence-electron chi connectivity index (χ3n) is 2.52. The molecule has 0 saturated heterocycles. The summed E-state index contributed by atoms with van der Waals surface area (Å²) >= 11 is 0. The van der Waals surface area contributed by atoms with Crippen LogP contribution in [-0.2, 0) is 4.74 Å². The quantitative estimate of drug-likeness (QED) is 0.590. The van der Waals surface area contributed by atoms with Crippen molar-refractivity contribution in [2.75, 3.05) is 45.1 Å². The Morgan fingerprint density at radius 1 is 1.31 bits per heavy atom. The zero-order valence-corrected chi connectivity index (χ0v) is 10.2. The lowest BCUT2D eigenvalue weighted by molar-refractivity contribution is 0.196. The van der Waals surface area contributed by atoms with Gasteiger partial charge in [0.25, 0.3) is 0 Å². The lowest BCUT2D eigenvalue weighted by Crippen LogP contribution is -2.21. The predicted molar refractivity (Wildman–Crippen MR) is 67.2 cm³/mol. The molecule has 1 rings (SSSR count). The van der Waals surface area contributed by atoms with E-state index >= 15 is 0 Å². The number of benzene rings is 1. The second kappa shape index (κ2) is 6.23. The largest absolute Gasteiger partial charge is 0.495 e. The summed E-state index contributed by atoms with van der Waals surface area (Å²) in [6.45, 7) is 1.67. The summed E-state index contributed by atoms with van der Waals surface area (Å²) in [5.74, 6) is 0.719. The Labute approximate surface area is 96.9 Å². The van der Waals surface area contributed by atoms with Crippen LogP contribution in [0.3, 0.4) is 0 Å². The fraction of sp³-hybridized carbons (Fsp3) is 0.500. The third kappa shape index (κ3) is 3.03. The van der Waals surface area contributed by atoms with Gasteiger partial charge >= 0.3 is 0 Å². The summed E-state index contributed by atoms with van der Waals surface area (Å²) in [6.07, 6.45) is 0.976. The minimum atomic E-state index is 0.685. The van der Waals surface area contributed by atoms with E-state index in [2.05, 4.69) is 4.90 Å². The molecule has 0 fully saturated rings. The molecular formula is C12H20N2O2. The van der Waals surface area contributed by atoms with Crippen molar-refractivity contribution in [3.05, 3.63) is 18.2 Å². The number of rotatable bonds is 6. The van der Waals surface area contributed by atoms with E-state index in [4.69, 9.17) is 15.2 Å². The Morgan fingerprint density at radius 2 is 2.06 bits per heavy atom. The molecule has 1 aromatic carbocycles. The van der Waals surface area contributed by atoms with Crippen LogP contribution in [-0.4, -0.2) is 34.4 Å². The normalized spacial score (nSPS) is 10.2. The van der Waals surface area contributed by atoms with Gasteiger partial charge in [0.15, 0.2) is 0 Å². The van der Waals surface area contributed by atoms with Crippen LogP contribution in [0.2, 0.25) is 0 Å². The lowest BCUT2D eigenvalue weighted by Gasteiger charge is -2.21. The Balaban J connectivity index is 2.71. The maximum atomic E-state index is 6.00. The maximum absolute atomic E-state index is 6.00. The Hall–Kier alpha value is -1.42. The van der Waals surface area contributed by atoms with Crippen molar-refractivity contribution in [1.29, 1.82) is 0 Å². The zero-order chi connectivity index (χ0) is 12.0. The minimum Gasteiger partial charge on any atom is -0.495 e. The molecule has 4 heteroatoms. The van der Waals surface area contributed by atoms with Crippen molar-refractivity contribution in [1.82, 2.24) is 0 Å². The number of ether oxygens (including phenoxy) is 2. The average molecular weight is 224 g/mol. The first kappa shape index (κ1) is 12.6. The molecule has 0 aromatic heterocycles. The van der Waals surface area contributed by atoms with Gasteiger partial charge in [0, 0.05) is 27.3 Å². The van der Waals surface area contributed by atoms with Crippen molar-refractivity contribution >= 4 is 11.4 Å². The van der Waals surface area contributed by atoms with Gasteiger partial charge in [-0.2, -0.15) is 0 Å². The molecule has 1 aromatic rings. The van der Waals surface area contributed by atoms with Crippen LogP contribution < -0.4 is 15.4 Å². The van der Waals surface area contributed by atoms with E-state index in [-0.39, 0.29) is 0 Å². The smallest absolute Gasteiger partial charge is 0.143 e. The van der Waals surface area contributed by atoms with Crippen molar-refractivity contribution in [3.63, 3.8) is 0 Å². The number of methoxy groups -OCH3 is 2. The molecule has 16 heavy (non-hydrogen) atoms. The second-order valence-corrected chi connectivity index (χ2v) is 3.66. The Bertz CT molecular complexity index is 329. The zero-order valence-electron chi connectivity index (χ0n) is 10.2. The fourth-order valence-electron chi connectivity index (χ4n) is 1.61. The molecule has 2 N–H and O–H groups in total. The Kier molecular flexibility index (Phi) is 4.92. The first-order valence-corrected chi connectivity index (χ1v) is 5.33. The van der Waals surface area contributed by atoms with Gasteiger partial charge < -0.3 is 20.1 Å². The molecule has 0 aliphatic rings. The number of nitrogens with zero attached hydrogens (tertiary/aromatic N) is 1. The van der Waals surface area contributed by atoms with Gasteiger partial charge in [-0.3, -0.25) is 0 Å². The third-order valence-corrected chi connectivity index (χ3v) is 2.52. The van der Waals surface area contributed by atoms with Crippen molar-refractivity contribution in [3.8, 4) is 5.75 Å². The molecule has 0 atom stereocenters. The predicted octanol–water partition coefficient (Wildman–Crippen LogP) is 1.75. The van der Waals surface area contributed by atoms with Crippen LogP contribution >= 0.6 is 0 Å². The molecule has 90 valence electrons. The lowest BCUT2D eigenvalue weighted by atomic mass is 10.2. The number of anilines is 2. The van der Waals surface area contributed by atoms with E-state index in [1.165, 1.54) is 0 Å². The van der Waals surface area contributed by atoms with Gasteiger partial charge in [-0.05, 0) is 18.6 Å². The van der Waals surface area contributed by atoms with E-state index in [0.717, 1.165) is 31.0 Å². The average Bonchev–Trinajstić information content (AvgIpc) is 2.29. The minimum absolute atomic E-state index is 0.685. The van der Waals surface area contributed by atoms with Crippen molar-refractivity contribution in [2.45, 2.75) is 6.42 Å².